The quantitative estimate of drug-likeness (QED) is 0.418. The molecule has 0 radical (unpaired) electrons. The predicted octanol–water partition coefficient (Wildman–Crippen LogP) is 6.55. The van der Waals surface area contributed by atoms with Crippen LogP contribution in [-0.2, 0) is 0 Å². The molecule has 6 nitrogen and oxygen atoms in total. The van der Waals surface area contributed by atoms with Crippen molar-refractivity contribution in [1.82, 2.24) is 24.5 Å². The fourth-order valence-corrected chi connectivity index (χ4v) is 2.37. The second-order valence-electron chi connectivity index (χ2n) is 5.07. The average Bonchev–Trinajstić information content (AvgIpc) is 3.35. The molecule has 3 aromatic heterocycles. The molecule has 0 fully saturated rings. The Labute approximate surface area is 180 Å². The highest BCUT2D eigenvalue weighted by Gasteiger charge is 2.10. The number of nitrogens with one attached hydrogen (secondary N) is 1. The lowest BCUT2D eigenvalue weighted by atomic mass is 10.3. The molecule has 4 rings (SSSR count). The van der Waals surface area contributed by atoms with E-state index in [-0.39, 0.29) is 0 Å². The van der Waals surface area contributed by atoms with Gasteiger partial charge in [-0.3, -0.25) is 9.55 Å². The second-order valence-corrected chi connectivity index (χ2v) is 5.07. The summed E-state index contributed by atoms with van der Waals surface area (Å²) in [7, 11) is 0. The topological polar surface area (TPSA) is 68.5 Å². The summed E-state index contributed by atoms with van der Waals surface area (Å²) in [6, 6.07) is 17.4. The van der Waals surface area contributed by atoms with E-state index in [1.165, 1.54) is 0 Å². The van der Waals surface area contributed by atoms with E-state index in [0.717, 1.165) is 23.0 Å². The molecule has 0 unspecified atom stereocenters. The molecule has 4 aromatic rings. The van der Waals surface area contributed by atoms with Crippen molar-refractivity contribution in [1.29, 1.82) is 0 Å². The van der Waals surface area contributed by atoms with E-state index in [0.29, 0.717) is 5.95 Å². The molecule has 0 amide bonds. The first-order chi connectivity index (χ1) is 14.9. The predicted molar refractivity (Wildman–Crippen MR) is 126 cm³/mol. The number of benzene rings is 1. The van der Waals surface area contributed by atoms with Gasteiger partial charge in [-0.2, -0.15) is 4.98 Å². The monoisotopic (exact) mass is 404 g/mol. The summed E-state index contributed by atoms with van der Waals surface area (Å²) in [5.41, 5.74) is 1.73. The van der Waals surface area contributed by atoms with Gasteiger partial charge < -0.3 is 5.32 Å². The summed E-state index contributed by atoms with van der Waals surface area (Å²) in [4.78, 5) is 17.6. The van der Waals surface area contributed by atoms with Crippen LogP contribution in [0.25, 0.3) is 17.3 Å². The molecule has 1 N–H and O–H groups in total. The number of para-hydroxylation sites is 1. The highest BCUT2D eigenvalue weighted by Crippen LogP contribution is 2.19. The molecule has 0 aliphatic heterocycles. The van der Waals surface area contributed by atoms with E-state index in [1.54, 1.807) is 18.6 Å². The smallest absolute Gasteiger partial charge is 0.229 e. The van der Waals surface area contributed by atoms with E-state index in [1.807, 2.05) is 107 Å². The molecule has 0 bridgehead atoms. The van der Waals surface area contributed by atoms with Gasteiger partial charge in [0.25, 0.3) is 0 Å². The van der Waals surface area contributed by atoms with Crippen LogP contribution in [0.4, 0.5) is 11.6 Å². The van der Waals surface area contributed by atoms with Gasteiger partial charge in [-0.25, -0.2) is 9.97 Å². The zero-order valence-electron chi connectivity index (χ0n) is 18.7. The minimum atomic E-state index is 0.527. The van der Waals surface area contributed by atoms with Gasteiger partial charge in [0.2, 0.25) is 5.95 Å². The molecule has 0 spiro atoms. The van der Waals surface area contributed by atoms with Crippen LogP contribution in [0.5, 0.6) is 0 Å². The fraction of sp³-hybridized carbons (Fsp3) is 0.250. The normalized spacial score (nSPS) is 9.00. The summed E-state index contributed by atoms with van der Waals surface area (Å²) in [6.07, 6.45) is 7.06. The van der Waals surface area contributed by atoms with Crippen LogP contribution in [0, 0.1) is 0 Å². The standard InChI is InChI=1S/C18H14N6.3C2H6/c1-2-6-14(7-3-1)22-18-21-11-9-16(23-18)24-13-12-20-17(24)15-8-4-5-10-19-15;3*1-2/h1-13H,(H,21,22,23);3*1-2H3. The fourth-order valence-electron chi connectivity index (χ4n) is 2.37. The van der Waals surface area contributed by atoms with Gasteiger partial charge >= 0.3 is 0 Å². The van der Waals surface area contributed by atoms with Crippen LogP contribution < -0.4 is 5.32 Å². The van der Waals surface area contributed by atoms with Gasteiger partial charge in [-0.15, -0.1) is 0 Å². The van der Waals surface area contributed by atoms with Gasteiger partial charge in [0.05, 0.1) is 0 Å². The van der Waals surface area contributed by atoms with Crippen molar-refractivity contribution in [3.05, 3.63) is 79.4 Å². The molecule has 0 saturated carbocycles. The van der Waals surface area contributed by atoms with Gasteiger partial charge in [-0.1, -0.05) is 65.8 Å². The number of rotatable bonds is 4. The summed E-state index contributed by atoms with van der Waals surface area (Å²) >= 11 is 0. The first-order valence-corrected chi connectivity index (χ1v) is 10.5. The Morgan fingerprint density at radius 1 is 0.667 bits per heavy atom. The number of pyridine rings is 1. The molecular weight excluding hydrogens is 372 g/mol. The van der Waals surface area contributed by atoms with E-state index < -0.39 is 0 Å². The van der Waals surface area contributed by atoms with E-state index >= 15 is 0 Å². The van der Waals surface area contributed by atoms with Gasteiger partial charge in [0.15, 0.2) is 5.82 Å². The molecular formula is C24H32N6. The van der Waals surface area contributed by atoms with Crippen LogP contribution in [0.2, 0.25) is 0 Å². The molecule has 0 atom stereocenters. The van der Waals surface area contributed by atoms with E-state index in [2.05, 4.69) is 25.3 Å². The largest absolute Gasteiger partial charge is 0.324 e. The van der Waals surface area contributed by atoms with Gasteiger partial charge in [0.1, 0.15) is 11.5 Å². The second kappa shape index (κ2) is 14.5. The maximum atomic E-state index is 4.57. The molecule has 158 valence electrons. The van der Waals surface area contributed by atoms with E-state index in [4.69, 9.17) is 0 Å². The summed E-state index contributed by atoms with van der Waals surface area (Å²) in [6.45, 7) is 12.0. The van der Waals surface area contributed by atoms with Crippen LogP contribution in [0.3, 0.4) is 0 Å². The maximum Gasteiger partial charge on any atom is 0.229 e. The Morgan fingerprint density at radius 2 is 1.37 bits per heavy atom. The third-order valence-corrected chi connectivity index (χ3v) is 3.45. The zero-order chi connectivity index (χ0) is 22.2. The molecule has 30 heavy (non-hydrogen) atoms. The van der Waals surface area contributed by atoms with Crippen molar-refractivity contribution in [3.63, 3.8) is 0 Å². The van der Waals surface area contributed by atoms with Crippen LogP contribution in [-0.4, -0.2) is 24.5 Å². The van der Waals surface area contributed by atoms with Crippen LogP contribution in [0.15, 0.2) is 79.4 Å². The first-order valence-electron chi connectivity index (χ1n) is 10.5. The summed E-state index contributed by atoms with van der Waals surface area (Å²) in [5.74, 6) is 1.99. The lowest BCUT2D eigenvalue weighted by Gasteiger charge is -2.09. The van der Waals surface area contributed by atoms with Crippen molar-refractivity contribution in [2.45, 2.75) is 41.5 Å². The Bertz CT molecular complexity index is 936. The minimum absolute atomic E-state index is 0.527. The Kier molecular flexibility index (Phi) is 11.8. The highest BCUT2D eigenvalue weighted by atomic mass is 15.2. The molecule has 0 aliphatic rings. The first kappa shape index (κ1) is 24.5. The Hall–Kier alpha value is -3.54. The van der Waals surface area contributed by atoms with Crippen LogP contribution in [0.1, 0.15) is 41.5 Å². The molecule has 1 aromatic carbocycles. The third kappa shape index (κ3) is 6.81. The number of hydrogen-bond donors (Lipinski definition) is 1. The minimum Gasteiger partial charge on any atom is -0.324 e. The summed E-state index contributed by atoms with van der Waals surface area (Å²) in [5, 5.41) is 3.19. The Morgan fingerprint density at radius 3 is 2.03 bits per heavy atom. The zero-order valence-corrected chi connectivity index (χ0v) is 18.7. The van der Waals surface area contributed by atoms with E-state index in [9.17, 15) is 0 Å². The molecule has 3 heterocycles. The van der Waals surface area contributed by atoms with Crippen molar-refractivity contribution in [3.8, 4) is 17.3 Å². The number of hydrogen-bond acceptors (Lipinski definition) is 5. The number of anilines is 2. The lowest BCUT2D eigenvalue weighted by molar-refractivity contribution is 0.976. The average molecular weight is 405 g/mol. The van der Waals surface area contributed by atoms with Crippen molar-refractivity contribution in [2.75, 3.05) is 5.32 Å². The molecule has 0 saturated heterocycles. The Balaban J connectivity index is 0.000000691. The van der Waals surface area contributed by atoms with Crippen molar-refractivity contribution >= 4 is 11.6 Å². The third-order valence-electron chi connectivity index (χ3n) is 3.45. The molecule has 0 aliphatic carbocycles. The van der Waals surface area contributed by atoms with Crippen LogP contribution >= 0.6 is 0 Å². The van der Waals surface area contributed by atoms with Gasteiger partial charge in [-0.05, 0) is 30.3 Å². The number of imidazole rings is 1. The number of nitrogens with zero attached hydrogens (tertiary/aromatic N) is 5. The van der Waals surface area contributed by atoms with Crippen molar-refractivity contribution < 1.29 is 0 Å². The maximum absolute atomic E-state index is 4.57. The number of aromatic nitrogens is 5. The SMILES string of the molecule is CC.CC.CC.c1ccc(Nc2nccc(-n3ccnc3-c3ccccn3)n2)cc1. The molecule has 6 heteroatoms. The van der Waals surface area contributed by atoms with Gasteiger partial charge in [0, 0.05) is 30.5 Å². The van der Waals surface area contributed by atoms with Crippen molar-refractivity contribution in [2.24, 2.45) is 0 Å². The lowest BCUT2D eigenvalue weighted by Crippen LogP contribution is -2.04. The highest BCUT2D eigenvalue weighted by molar-refractivity contribution is 5.55. The summed E-state index contributed by atoms with van der Waals surface area (Å²) < 4.78 is 1.89.